The van der Waals surface area contributed by atoms with Crippen LogP contribution in [0.3, 0.4) is 0 Å². The van der Waals surface area contributed by atoms with E-state index in [2.05, 4.69) is 58.4 Å². The molecule has 42 heavy (non-hydrogen) atoms. The van der Waals surface area contributed by atoms with Crippen LogP contribution >= 0.6 is 11.8 Å². The summed E-state index contributed by atoms with van der Waals surface area (Å²) in [7, 11) is 1.73. The molecule has 1 fully saturated rings. The van der Waals surface area contributed by atoms with E-state index in [0.717, 1.165) is 18.7 Å². The number of hydrogen-bond donors (Lipinski definition) is 0. The predicted octanol–water partition coefficient (Wildman–Crippen LogP) is 5.62. The molecule has 0 spiro atoms. The number of hydrogen-bond acceptors (Lipinski definition) is 5. The lowest BCUT2D eigenvalue weighted by Gasteiger charge is -2.40. The fourth-order valence-corrected chi connectivity index (χ4v) is 6.48. The number of thioether (sulfide) groups is 1. The summed E-state index contributed by atoms with van der Waals surface area (Å²) in [5.74, 6) is 0.583. The van der Waals surface area contributed by atoms with Gasteiger partial charge in [-0.3, -0.25) is 19.1 Å². The molecule has 5 rings (SSSR count). The Labute approximate surface area is 251 Å². The lowest BCUT2D eigenvalue weighted by atomic mass is 9.96. The summed E-state index contributed by atoms with van der Waals surface area (Å²) in [4.78, 5) is 35.2. The average molecular weight is 585 g/mol. The first-order valence-electron chi connectivity index (χ1n) is 14.5. The largest absolute Gasteiger partial charge is 0.340 e. The first kappa shape index (κ1) is 29.7. The number of halogens is 1. The van der Waals surface area contributed by atoms with Crippen LogP contribution in [0, 0.1) is 12.7 Å². The number of piperazine rings is 1. The van der Waals surface area contributed by atoms with Crippen LogP contribution in [-0.4, -0.2) is 57.2 Å². The fourth-order valence-electron chi connectivity index (χ4n) is 5.53. The van der Waals surface area contributed by atoms with E-state index >= 15 is 0 Å². The van der Waals surface area contributed by atoms with Gasteiger partial charge in [0.2, 0.25) is 5.91 Å². The smallest absolute Gasteiger partial charge is 0.257 e. The number of carbonyl (C=O) groups excluding carboxylic acids is 1. The van der Waals surface area contributed by atoms with Gasteiger partial charge >= 0.3 is 0 Å². The second-order valence-electron chi connectivity index (χ2n) is 10.7. The van der Waals surface area contributed by atoms with Gasteiger partial charge in [-0.2, -0.15) is 0 Å². The molecule has 0 atom stereocenters. The molecule has 218 valence electrons. The van der Waals surface area contributed by atoms with E-state index < -0.39 is 0 Å². The number of benzene rings is 3. The van der Waals surface area contributed by atoms with Gasteiger partial charge in [-0.05, 0) is 42.2 Å². The molecular weight excluding hydrogens is 547 g/mol. The van der Waals surface area contributed by atoms with Crippen molar-refractivity contribution in [1.29, 1.82) is 0 Å². The third kappa shape index (κ3) is 7.17. The Morgan fingerprint density at radius 3 is 2.10 bits per heavy atom. The number of carbonyl (C=O) groups is 1. The van der Waals surface area contributed by atoms with Crippen molar-refractivity contribution in [3.05, 3.63) is 129 Å². The van der Waals surface area contributed by atoms with Crippen molar-refractivity contribution in [2.45, 2.75) is 37.4 Å². The number of aryl methyl sites for hydroxylation is 1. The molecule has 1 aliphatic rings. The van der Waals surface area contributed by atoms with Crippen molar-refractivity contribution in [3.8, 4) is 0 Å². The topological polar surface area (TPSA) is 58.4 Å². The summed E-state index contributed by atoms with van der Waals surface area (Å²) < 4.78 is 14.8. The van der Waals surface area contributed by atoms with Crippen molar-refractivity contribution in [3.63, 3.8) is 0 Å². The number of nitrogens with zero attached hydrogens (tertiary/aromatic N) is 4. The van der Waals surface area contributed by atoms with Gasteiger partial charge < -0.3 is 4.90 Å². The highest BCUT2D eigenvalue weighted by Gasteiger charge is 2.28. The van der Waals surface area contributed by atoms with E-state index in [1.165, 1.54) is 35.0 Å². The van der Waals surface area contributed by atoms with Crippen molar-refractivity contribution in [2.24, 2.45) is 7.05 Å². The van der Waals surface area contributed by atoms with Crippen molar-refractivity contribution in [1.82, 2.24) is 19.4 Å². The van der Waals surface area contributed by atoms with Gasteiger partial charge in [0.15, 0.2) is 5.16 Å². The molecular formula is C34H37FN4O2S. The van der Waals surface area contributed by atoms with E-state index in [4.69, 9.17) is 0 Å². The van der Waals surface area contributed by atoms with Crippen LogP contribution < -0.4 is 5.56 Å². The zero-order valence-corrected chi connectivity index (χ0v) is 25.0. The molecule has 1 saturated heterocycles. The molecule has 1 aromatic heterocycles. The Morgan fingerprint density at radius 1 is 0.905 bits per heavy atom. The van der Waals surface area contributed by atoms with Gasteiger partial charge in [0, 0.05) is 63.1 Å². The zero-order chi connectivity index (χ0) is 29.5. The molecule has 0 unspecified atom stereocenters. The van der Waals surface area contributed by atoms with Crippen LogP contribution in [0.5, 0.6) is 0 Å². The molecule has 0 aliphatic carbocycles. The molecule has 0 saturated carbocycles. The Kier molecular flexibility index (Phi) is 9.87. The van der Waals surface area contributed by atoms with Gasteiger partial charge in [0.1, 0.15) is 5.82 Å². The Morgan fingerprint density at radius 2 is 1.50 bits per heavy atom. The second-order valence-corrected chi connectivity index (χ2v) is 11.8. The Bertz CT molecular complexity index is 1500. The van der Waals surface area contributed by atoms with Crippen LogP contribution in [0.1, 0.15) is 46.8 Å². The highest BCUT2D eigenvalue weighted by Crippen LogP contribution is 2.29. The zero-order valence-electron chi connectivity index (χ0n) is 24.2. The van der Waals surface area contributed by atoms with E-state index in [-0.39, 0.29) is 23.3 Å². The molecule has 4 aromatic rings. The van der Waals surface area contributed by atoms with Crippen LogP contribution in [0.4, 0.5) is 4.39 Å². The van der Waals surface area contributed by atoms with E-state index in [1.807, 2.05) is 24.0 Å². The highest BCUT2D eigenvalue weighted by atomic mass is 32.2. The van der Waals surface area contributed by atoms with Crippen LogP contribution in [0.2, 0.25) is 0 Å². The molecule has 2 heterocycles. The molecule has 0 N–H and O–H groups in total. The number of aromatic nitrogens is 2. The first-order valence-corrected chi connectivity index (χ1v) is 15.4. The summed E-state index contributed by atoms with van der Waals surface area (Å²) in [6.45, 7) is 4.92. The molecule has 0 bridgehead atoms. The molecule has 1 aliphatic heterocycles. The SMILES string of the molecule is Cc1nc(SCCCC(=O)N2CCN(C(c3ccccc3)c3ccccc3)CC2)n(C)c(=O)c1Cc1ccc(F)cc1. The molecule has 6 nitrogen and oxygen atoms in total. The van der Waals surface area contributed by atoms with Crippen LogP contribution in [-0.2, 0) is 18.3 Å². The minimum Gasteiger partial charge on any atom is -0.340 e. The standard InChI is InChI=1S/C34H37FN4O2S/c1-25-30(24-26-15-17-29(35)18-16-26)33(41)37(2)34(36-25)42-23-9-14-31(40)38-19-21-39(22-20-38)32(27-10-5-3-6-11-27)28-12-7-4-8-13-28/h3-8,10-13,15-18,32H,9,14,19-24H2,1-2H3. The maximum Gasteiger partial charge on any atom is 0.257 e. The van der Waals surface area contributed by atoms with Crippen molar-refractivity contribution < 1.29 is 9.18 Å². The Hall–Kier alpha value is -3.75. The third-order valence-electron chi connectivity index (χ3n) is 7.87. The summed E-state index contributed by atoms with van der Waals surface area (Å²) in [5, 5.41) is 0.647. The van der Waals surface area contributed by atoms with Gasteiger partial charge in [0.05, 0.1) is 6.04 Å². The first-order chi connectivity index (χ1) is 20.4. The quantitative estimate of drug-likeness (QED) is 0.138. The molecule has 8 heteroatoms. The van der Waals surface area contributed by atoms with Gasteiger partial charge in [-0.25, -0.2) is 9.37 Å². The van der Waals surface area contributed by atoms with Crippen LogP contribution in [0.25, 0.3) is 0 Å². The lowest BCUT2D eigenvalue weighted by Crippen LogP contribution is -2.49. The lowest BCUT2D eigenvalue weighted by molar-refractivity contribution is -0.133. The summed E-state index contributed by atoms with van der Waals surface area (Å²) >= 11 is 1.50. The van der Waals surface area contributed by atoms with Crippen LogP contribution in [0.15, 0.2) is 94.9 Å². The summed E-state index contributed by atoms with van der Waals surface area (Å²) in [5.41, 5.74) is 4.61. The van der Waals surface area contributed by atoms with Gasteiger partial charge in [-0.15, -0.1) is 0 Å². The fraction of sp³-hybridized carbons (Fsp3) is 0.324. The minimum atomic E-state index is -0.297. The number of rotatable bonds is 10. The predicted molar refractivity (Wildman–Crippen MR) is 166 cm³/mol. The van der Waals surface area contributed by atoms with Gasteiger partial charge in [-0.1, -0.05) is 84.6 Å². The molecule has 1 amide bonds. The monoisotopic (exact) mass is 584 g/mol. The normalized spacial score (nSPS) is 14.0. The van der Waals surface area contributed by atoms with Crippen molar-refractivity contribution >= 4 is 17.7 Å². The summed E-state index contributed by atoms with van der Waals surface area (Å²) in [6.07, 6.45) is 1.60. The second kappa shape index (κ2) is 13.9. The summed E-state index contributed by atoms with van der Waals surface area (Å²) in [6, 6.07) is 27.5. The third-order valence-corrected chi connectivity index (χ3v) is 8.99. The van der Waals surface area contributed by atoms with Crippen molar-refractivity contribution in [2.75, 3.05) is 31.9 Å². The maximum atomic E-state index is 13.3. The Balaban J connectivity index is 1.12. The van der Waals surface area contributed by atoms with E-state index in [1.54, 1.807) is 23.7 Å². The number of amides is 1. The molecule has 3 aromatic carbocycles. The highest BCUT2D eigenvalue weighted by molar-refractivity contribution is 7.99. The average Bonchev–Trinajstić information content (AvgIpc) is 3.02. The minimum absolute atomic E-state index is 0.0902. The van der Waals surface area contributed by atoms with E-state index in [0.29, 0.717) is 54.5 Å². The molecule has 0 radical (unpaired) electrons. The van der Waals surface area contributed by atoms with E-state index in [9.17, 15) is 14.0 Å². The van der Waals surface area contributed by atoms with Gasteiger partial charge in [0.25, 0.3) is 5.56 Å². The maximum absolute atomic E-state index is 13.3.